The van der Waals surface area contributed by atoms with Gasteiger partial charge in [-0.05, 0) is 47.6 Å². The standard InChI is InChI=1S/C27H31Cl2F2N3O3/c1-26(2,3)12-21-27(14-32,15-7-8-18(28)20(30)11-15)22(17-5-4-6-19(29)23(17)31)24(34-21)25(37)33-10-9-16(36)13-35/h4-8,11,16,21-22,24,34-36H,9-10,12-13H2,1-3H3,(H,33,37)/t16-,21?,22?,24?,27?/m0/s1. The van der Waals surface area contributed by atoms with Crippen molar-refractivity contribution < 1.29 is 23.8 Å². The van der Waals surface area contributed by atoms with E-state index >= 15 is 4.39 Å². The van der Waals surface area contributed by atoms with Crippen molar-refractivity contribution in [2.45, 2.75) is 63.1 Å². The first-order valence-corrected chi connectivity index (χ1v) is 12.7. The number of aliphatic hydroxyl groups is 2. The number of hydrogen-bond donors (Lipinski definition) is 4. The van der Waals surface area contributed by atoms with Crippen LogP contribution in [0, 0.1) is 28.4 Å². The maximum absolute atomic E-state index is 15.5. The maximum Gasteiger partial charge on any atom is 0.237 e. The average Bonchev–Trinajstić information content (AvgIpc) is 3.15. The van der Waals surface area contributed by atoms with E-state index in [4.69, 9.17) is 28.3 Å². The number of halogens is 4. The molecule has 2 aromatic rings. The highest BCUT2D eigenvalue weighted by Crippen LogP contribution is 2.52. The van der Waals surface area contributed by atoms with Gasteiger partial charge in [-0.25, -0.2) is 8.78 Å². The van der Waals surface area contributed by atoms with Gasteiger partial charge in [0.05, 0.1) is 34.9 Å². The molecule has 1 amide bonds. The number of nitrogens with zero attached hydrogens (tertiary/aromatic N) is 1. The van der Waals surface area contributed by atoms with Crippen LogP contribution in [0.15, 0.2) is 36.4 Å². The fraction of sp³-hybridized carbons (Fsp3) is 0.481. The lowest BCUT2D eigenvalue weighted by molar-refractivity contribution is -0.123. The Morgan fingerprint density at radius 2 is 1.95 bits per heavy atom. The van der Waals surface area contributed by atoms with Crippen molar-refractivity contribution in [1.82, 2.24) is 10.6 Å². The summed E-state index contributed by atoms with van der Waals surface area (Å²) in [5.74, 6) is -3.12. The number of aliphatic hydroxyl groups excluding tert-OH is 2. The molecule has 6 nitrogen and oxygen atoms in total. The highest BCUT2D eigenvalue weighted by atomic mass is 35.5. The number of carbonyl (C=O) groups is 1. The zero-order valence-electron chi connectivity index (χ0n) is 20.9. The second-order valence-corrected chi connectivity index (χ2v) is 11.4. The molecule has 10 heteroatoms. The molecule has 1 saturated heterocycles. The predicted molar refractivity (Wildman–Crippen MR) is 138 cm³/mol. The van der Waals surface area contributed by atoms with Gasteiger partial charge in [-0.2, -0.15) is 5.26 Å². The van der Waals surface area contributed by atoms with Gasteiger partial charge in [0.1, 0.15) is 17.0 Å². The van der Waals surface area contributed by atoms with E-state index < -0.39 is 53.7 Å². The molecule has 0 aromatic heterocycles. The van der Waals surface area contributed by atoms with E-state index in [1.165, 1.54) is 30.3 Å². The summed E-state index contributed by atoms with van der Waals surface area (Å²) in [6.07, 6.45) is -0.513. The van der Waals surface area contributed by atoms with E-state index in [9.17, 15) is 19.6 Å². The molecule has 37 heavy (non-hydrogen) atoms. The Kier molecular flexibility index (Phi) is 9.20. The smallest absolute Gasteiger partial charge is 0.237 e. The van der Waals surface area contributed by atoms with Crippen LogP contribution in [0.1, 0.15) is 50.7 Å². The Balaban J connectivity index is 2.22. The maximum atomic E-state index is 15.5. The van der Waals surface area contributed by atoms with Gasteiger partial charge in [-0.15, -0.1) is 0 Å². The SMILES string of the molecule is CC(C)(C)CC1NC(C(=O)NCC[C@H](O)CO)C(c2cccc(Cl)c2F)C1(C#N)c1ccc(Cl)c(F)c1. The second-order valence-electron chi connectivity index (χ2n) is 10.6. The first-order chi connectivity index (χ1) is 17.4. The van der Waals surface area contributed by atoms with Crippen molar-refractivity contribution in [3.05, 3.63) is 69.2 Å². The molecule has 1 aliphatic heterocycles. The molecule has 3 rings (SSSR count). The van der Waals surface area contributed by atoms with Gasteiger partial charge >= 0.3 is 0 Å². The second kappa shape index (κ2) is 11.6. The molecule has 0 aliphatic carbocycles. The lowest BCUT2D eigenvalue weighted by atomic mass is 9.63. The monoisotopic (exact) mass is 553 g/mol. The van der Waals surface area contributed by atoms with E-state index in [1.54, 1.807) is 0 Å². The minimum Gasteiger partial charge on any atom is -0.394 e. The molecule has 1 heterocycles. The number of rotatable bonds is 8. The quantitative estimate of drug-likeness (QED) is 0.386. The van der Waals surface area contributed by atoms with Crippen molar-refractivity contribution in [3.63, 3.8) is 0 Å². The van der Waals surface area contributed by atoms with Gasteiger partial charge in [-0.1, -0.05) is 62.2 Å². The summed E-state index contributed by atoms with van der Waals surface area (Å²) in [7, 11) is 0. The summed E-state index contributed by atoms with van der Waals surface area (Å²) < 4.78 is 30.3. The molecule has 4 unspecified atom stereocenters. The molecule has 4 N–H and O–H groups in total. The molecule has 0 bridgehead atoms. The highest BCUT2D eigenvalue weighted by Gasteiger charge is 2.60. The van der Waals surface area contributed by atoms with E-state index in [0.717, 1.165) is 6.07 Å². The molecule has 0 radical (unpaired) electrons. The molecule has 0 spiro atoms. The van der Waals surface area contributed by atoms with Gasteiger partial charge in [0.2, 0.25) is 5.91 Å². The van der Waals surface area contributed by atoms with Crippen molar-refractivity contribution in [3.8, 4) is 6.07 Å². The number of nitrogens with one attached hydrogen (secondary N) is 2. The molecule has 5 atom stereocenters. The van der Waals surface area contributed by atoms with E-state index in [2.05, 4.69) is 16.7 Å². The summed E-state index contributed by atoms with van der Waals surface area (Å²) in [6, 6.07) is 8.98. The van der Waals surface area contributed by atoms with Crippen LogP contribution >= 0.6 is 23.2 Å². The molecule has 1 fully saturated rings. The summed E-state index contributed by atoms with van der Waals surface area (Å²) in [6.45, 7) is 5.50. The molecule has 200 valence electrons. The summed E-state index contributed by atoms with van der Waals surface area (Å²) in [5.41, 5.74) is -1.59. The fourth-order valence-electron chi connectivity index (χ4n) is 5.08. The first kappa shape index (κ1) is 29.3. The molecule has 1 aliphatic rings. The normalized spacial score (nSPS) is 24.5. The minimum absolute atomic E-state index is 0.0442. The number of benzene rings is 2. The third-order valence-corrected chi connectivity index (χ3v) is 7.34. The number of nitriles is 1. The average molecular weight is 554 g/mol. The highest BCUT2D eigenvalue weighted by molar-refractivity contribution is 6.31. The Bertz CT molecular complexity index is 1180. The number of amides is 1. The van der Waals surface area contributed by atoms with Gasteiger partial charge in [-0.3, -0.25) is 4.79 Å². The van der Waals surface area contributed by atoms with Crippen LogP contribution < -0.4 is 10.6 Å². The lowest BCUT2D eigenvalue weighted by Crippen LogP contribution is -2.46. The lowest BCUT2D eigenvalue weighted by Gasteiger charge is -2.37. The van der Waals surface area contributed by atoms with Crippen LogP contribution in [0.2, 0.25) is 10.0 Å². The molecular weight excluding hydrogens is 523 g/mol. The zero-order chi connectivity index (χ0) is 27.5. The Hall–Kier alpha value is -2.28. The Morgan fingerprint density at radius 1 is 1.24 bits per heavy atom. The van der Waals surface area contributed by atoms with Crippen molar-refractivity contribution in [1.29, 1.82) is 5.26 Å². The third-order valence-electron chi connectivity index (χ3n) is 6.74. The van der Waals surface area contributed by atoms with Crippen molar-refractivity contribution in [2.24, 2.45) is 5.41 Å². The Labute approximate surface area is 225 Å². The van der Waals surface area contributed by atoms with Crippen molar-refractivity contribution in [2.75, 3.05) is 13.2 Å². The topological polar surface area (TPSA) is 105 Å². The molecular formula is C27H31Cl2F2N3O3. The predicted octanol–water partition coefficient (Wildman–Crippen LogP) is 4.45. The van der Waals surface area contributed by atoms with Crippen LogP contribution in [0.25, 0.3) is 0 Å². The zero-order valence-corrected chi connectivity index (χ0v) is 22.4. The minimum atomic E-state index is -1.57. The van der Waals surface area contributed by atoms with Gasteiger partial charge < -0.3 is 20.8 Å². The fourth-order valence-corrected chi connectivity index (χ4v) is 5.38. The summed E-state index contributed by atoms with van der Waals surface area (Å²) in [4.78, 5) is 13.5. The Morgan fingerprint density at radius 3 is 2.54 bits per heavy atom. The van der Waals surface area contributed by atoms with E-state index in [0.29, 0.717) is 6.42 Å². The van der Waals surface area contributed by atoms with Crippen LogP contribution in [0.3, 0.4) is 0 Å². The number of hydrogen-bond acceptors (Lipinski definition) is 5. The number of carbonyl (C=O) groups excluding carboxylic acids is 1. The van der Waals surface area contributed by atoms with Crippen LogP contribution in [-0.2, 0) is 10.2 Å². The largest absolute Gasteiger partial charge is 0.394 e. The van der Waals surface area contributed by atoms with Crippen LogP contribution in [0.5, 0.6) is 0 Å². The van der Waals surface area contributed by atoms with E-state index in [1.807, 2.05) is 20.8 Å². The summed E-state index contributed by atoms with van der Waals surface area (Å²) >= 11 is 12.1. The van der Waals surface area contributed by atoms with Gasteiger partial charge in [0.25, 0.3) is 0 Å². The van der Waals surface area contributed by atoms with Crippen LogP contribution in [-0.4, -0.2) is 47.5 Å². The van der Waals surface area contributed by atoms with Gasteiger partial charge in [0.15, 0.2) is 0 Å². The van der Waals surface area contributed by atoms with E-state index in [-0.39, 0.29) is 39.6 Å². The first-order valence-electron chi connectivity index (χ1n) is 12.0. The third kappa shape index (κ3) is 6.08. The van der Waals surface area contributed by atoms with Crippen LogP contribution in [0.4, 0.5) is 8.78 Å². The van der Waals surface area contributed by atoms with Crippen molar-refractivity contribution >= 4 is 29.1 Å². The van der Waals surface area contributed by atoms with Gasteiger partial charge in [0, 0.05) is 18.5 Å². The summed E-state index contributed by atoms with van der Waals surface area (Å²) in [5, 5.41) is 35.2. The molecule has 2 aromatic carbocycles. The molecule has 0 saturated carbocycles.